The summed E-state index contributed by atoms with van der Waals surface area (Å²) in [6.45, 7) is 2.20. The molecule has 2 aromatic carbocycles. The molecule has 2 aromatic rings. The van der Waals surface area contributed by atoms with Crippen LogP contribution in [-0.2, 0) is 21.1 Å². The van der Waals surface area contributed by atoms with Gasteiger partial charge in [-0.05, 0) is 24.1 Å². The predicted molar refractivity (Wildman–Crippen MR) is 109 cm³/mol. The van der Waals surface area contributed by atoms with Crippen LogP contribution in [0, 0.1) is 0 Å². The zero-order chi connectivity index (χ0) is 19.4. The van der Waals surface area contributed by atoms with E-state index < -0.39 is 15.1 Å². The fourth-order valence-electron chi connectivity index (χ4n) is 3.33. The SMILES string of the molecule is CS(=O)(=O)C(Cc1ccccc1)C(=O)N1CCN(c2ccccc2Cl)CC1. The maximum Gasteiger partial charge on any atom is 0.241 e. The summed E-state index contributed by atoms with van der Waals surface area (Å²) in [6, 6.07) is 16.9. The molecule has 3 rings (SSSR count). The van der Waals surface area contributed by atoms with Crippen molar-refractivity contribution in [3.63, 3.8) is 0 Å². The van der Waals surface area contributed by atoms with E-state index in [1.807, 2.05) is 54.6 Å². The molecule has 5 nitrogen and oxygen atoms in total. The highest BCUT2D eigenvalue weighted by molar-refractivity contribution is 7.92. The Balaban J connectivity index is 1.70. The van der Waals surface area contributed by atoms with Gasteiger partial charge in [0.25, 0.3) is 0 Å². The first-order valence-electron chi connectivity index (χ1n) is 8.87. The Kier molecular flexibility index (Phi) is 6.07. The molecular formula is C20H23ClN2O3S. The van der Waals surface area contributed by atoms with Crippen LogP contribution >= 0.6 is 11.6 Å². The van der Waals surface area contributed by atoms with E-state index in [1.54, 1.807) is 4.90 Å². The van der Waals surface area contributed by atoms with Gasteiger partial charge >= 0.3 is 0 Å². The third-order valence-electron chi connectivity index (χ3n) is 4.84. The highest BCUT2D eigenvalue weighted by Gasteiger charge is 2.34. The molecule has 1 aliphatic heterocycles. The number of rotatable bonds is 5. The summed E-state index contributed by atoms with van der Waals surface area (Å²) in [5.41, 5.74) is 1.78. The zero-order valence-electron chi connectivity index (χ0n) is 15.2. The summed E-state index contributed by atoms with van der Waals surface area (Å²) in [6.07, 6.45) is 1.34. The van der Waals surface area contributed by atoms with Crippen molar-refractivity contribution in [3.8, 4) is 0 Å². The molecule has 0 aliphatic carbocycles. The largest absolute Gasteiger partial charge is 0.367 e. The topological polar surface area (TPSA) is 57.7 Å². The molecule has 0 bridgehead atoms. The molecule has 1 unspecified atom stereocenters. The molecule has 0 radical (unpaired) electrons. The Morgan fingerprint density at radius 2 is 1.59 bits per heavy atom. The quantitative estimate of drug-likeness (QED) is 0.766. The molecule has 0 aromatic heterocycles. The number of anilines is 1. The van der Waals surface area contributed by atoms with Crippen LogP contribution in [0.3, 0.4) is 0 Å². The minimum Gasteiger partial charge on any atom is -0.367 e. The first kappa shape index (κ1) is 19.7. The number of carbonyl (C=O) groups excluding carboxylic acids is 1. The summed E-state index contributed by atoms with van der Waals surface area (Å²) in [5, 5.41) is -0.373. The van der Waals surface area contributed by atoms with Crippen molar-refractivity contribution >= 4 is 33.0 Å². The number of piperazine rings is 1. The smallest absolute Gasteiger partial charge is 0.241 e. The van der Waals surface area contributed by atoms with Crippen molar-refractivity contribution in [1.29, 1.82) is 0 Å². The first-order chi connectivity index (χ1) is 12.9. The van der Waals surface area contributed by atoms with E-state index >= 15 is 0 Å². The third-order valence-corrected chi connectivity index (χ3v) is 6.56. The highest BCUT2D eigenvalue weighted by Crippen LogP contribution is 2.26. The van der Waals surface area contributed by atoms with Gasteiger partial charge in [-0.2, -0.15) is 0 Å². The molecule has 1 saturated heterocycles. The number of hydrogen-bond acceptors (Lipinski definition) is 4. The first-order valence-corrected chi connectivity index (χ1v) is 11.2. The number of amides is 1. The summed E-state index contributed by atoms with van der Waals surface area (Å²) in [7, 11) is -3.51. The summed E-state index contributed by atoms with van der Waals surface area (Å²) in [4.78, 5) is 16.7. The van der Waals surface area contributed by atoms with E-state index in [1.165, 1.54) is 0 Å². The molecule has 144 valence electrons. The molecule has 27 heavy (non-hydrogen) atoms. The average molecular weight is 407 g/mol. The van der Waals surface area contributed by atoms with Crippen molar-refractivity contribution in [2.24, 2.45) is 0 Å². The van der Waals surface area contributed by atoms with E-state index in [9.17, 15) is 13.2 Å². The van der Waals surface area contributed by atoms with Gasteiger partial charge in [-0.3, -0.25) is 4.79 Å². The van der Waals surface area contributed by atoms with Gasteiger partial charge in [0.05, 0.1) is 10.7 Å². The molecule has 0 N–H and O–H groups in total. The number of para-hydroxylation sites is 1. The summed E-state index contributed by atoms with van der Waals surface area (Å²) >= 11 is 6.26. The van der Waals surface area contributed by atoms with Gasteiger partial charge in [-0.1, -0.05) is 54.1 Å². The Bertz CT molecular complexity index is 894. The molecule has 1 fully saturated rings. The van der Waals surface area contributed by atoms with Crippen LogP contribution in [0.4, 0.5) is 5.69 Å². The zero-order valence-corrected chi connectivity index (χ0v) is 16.8. The lowest BCUT2D eigenvalue weighted by Crippen LogP contribution is -2.53. The number of nitrogens with zero attached hydrogens (tertiary/aromatic N) is 2. The summed E-state index contributed by atoms with van der Waals surface area (Å²) in [5.74, 6) is -0.319. The molecular weight excluding hydrogens is 384 g/mol. The second kappa shape index (κ2) is 8.31. The fraction of sp³-hybridized carbons (Fsp3) is 0.350. The van der Waals surface area contributed by atoms with Crippen LogP contribution in [0.15, 0.2) is 54.6 Å². The number of hydrogen-bond donors (Lipinski definition) is 0. The summed E-state index contributed by atoms with van der Waals surface area (Å²) < 4.78 is 24.6. The lowest BCUT2D eigenvalue weighted by atomic mass is 10.1. The monoisotopic (exact) mass is 406 g/mol. The molecule has 0 saturated carbocycles. The Morgan fingerprint density at radius 1 is 1.00 bits per heavy atom. The van der Waals surface area contributed by atoms with Gasteiger partial charge in [0.1, 0.15) is 5.25 Å². The predicted octanol–water partition coefficient (Wildman–Crippen LogP) is 2.64. The van der Waals surface area contributed by atoms with Crippen LogP contribution in [-0.4, -0.2) is 56.9 Å². The number of carbonyl (C=O) groups is 1. The second-order valence-corrected chi connectivity index (χ2v) is 9.41. The Hall–Kier alpha value is -2.05. The maximum absolute atomic E-state index is 13.0. The Morgan fingerprint density at radius 3 is 2.19 bits per heavy atom. The van der Waals surface area contributed by atoms with Crippen LogP contribution in [0.25, 0.3) is 0 Å². The fourth-order valence-corrected chi connectivity index (χ4v) is 4.60. The van der Waals surface area contributed by atoms with Gasteiger partial charge < -0.3 is 9.80 Å². The van der Waals surface area contributed by atoms with Crippen molar-refractivity contribution < 1.29 is 13.2 Å². The van der Waals surface area contributed by atoms with Crippen molar-refractivity contribution in [2.45, 2.75) is 11.7 Å². The number of benzene rings is 2. The van der Waals surface area contributed by atoms with Crippen molar-refractivity contribution in [2.75, 3.05) is 37.3 Å². The highest BCUT2D eigenvalue weighted by atomic mass is 35.5. The number of sulfone groups is 1. The lowest BCUT2D eigenvalue weighted by molar-refractivity contribution is -0.131. The standard InChI is InChI=1S/C20H23ClN2O3S/c1-27(25,26)19(15-16-7-3-2-4-8-16)20(24)23-13-11-22(12-14-23)18-10-6-5-9-17(18)21/h2-10,19H,11-15H2,1H3. The molecule has 1 amide bonds. The normalized spacial score (nSPS) is 16.2. The molecule has 1 heterocycles. The maximum atomic E-state index is 13.0. The molecule has 1 atom stereocenters. The van der Waals surface area contributed by atoms with Gasteiger partial charge in [0.15, 0.2) is 9.84 Å². The molecule has 1 aliphatic rings. The molecule has 7 heteroatoms. The average Bonchev–Trinajstić information content (AvgIpc) is 2.66. The Labute approximate surface area is 165 Å². The van der Waals surface area contributed by atoms with E-state index in [0.717, 1.165) is 17.5 Å². The van der Waals surface area contributed by atoms with Gasteiger partial charge in [-0.25, -0.2) is 8.42 Å². The minimum absolute atomic E-state index is 0.198. The second-order valence-electron chi connectivity index (χ2n) is 6.77. The number of halogens is 1. The van der Waals surface area contributed by atoms with E-state index in [0.29, 0.717) is 31.2 Å². The van der Waals surface area contributed by atoms with Gasteiger partial charge in [0, 0.05) is 32.4 Å². The van der Waals surface area contributed by atoms with E-state index in [-0.39, 0.29) is 12.3 Å². The van der Waals surface area contributed by atoms with E-state index in [4.69, 9.17) is 11.6 Å². The van der Waals surface area contributed by atoms with E-state index in [2.05, 4.69) is 4.90 Å². The van der Waals surface area contributed by atoms with Gasteiger partial charge in [-0.15, -0.1) is 0 Å². The van der Waals surface area contributed by atoms with Crippen LogP contribution in [0.2, 0.25) is 5.02 Å². The van der Waals surface area contributed by atoms with Crippen molar-refractivity contribution in [1.82, 2.24) is 4.90 Å². The molecule has 0 spiro atoms. The van der Waals surface area contributed by atoms with Crippen LogP contribution < -0.4 is 4.90 Å². The third kappa shape index (κ3) is 4.82. The minimum atomic E-state index is -3.51. The lowest BCUT2D eigenvalue weighted by Gasteiger charge is -2.37. The van der Waals surface area contributed by atoms with Gasteiger partial charge in [0.2, 0.25) is 5.91 Å². The van der Waals surface area contributed by atoms with Crippen molar-refractivity contribution in [3.05, 3.63) is 65.2 Å². The van der Waals surface area contributed by atoms with Crippen LogP contribution in [0.5, 0.6) is 0 Å². The van der Waals surface area contributed by atoms with Crippen LogP contribution in [0.1, 0.15) is 5.56 Å².